The molecule has 11 heteroatoms. The fourth-order valence-electron chi connectivity index (χ4n) is 9.60. The normalized spacial score (nSPS) is 43.1. The third-order valence-corrected chi connectivity index (χ3v) is 11.6. The van der Waals surface area contributed by atoms with Gasteiger partial charge in [-0.25, -0.2) is 0 Å². The van der Waals surface area contributed by atoms with Crippen LogP contribution in [0.3, 0.4) is 0 Å². The van der Waals surface area contributed by atoms with E-state index in [4.69, 9.17) is 28.4 Å². The molecular weight excluding hydrogens is 572 g/mol. The standard InChI is InChI=1S/C33H48O11/c1-17(34)39-16-26-28(40-18(2)35)29(41-19(3)36)30(42-20(4)37)31(44-26)43-22-11-13-32(5)21(15-22)7-8-23-24-9-10-27(38)33(24,6)14-12-25(23)32/h21-26,28-31H,7-16H2,1-6H3/t21-,22+,23+,24-,25+,26+,28+,29-,30+,31+,32-,33-/m0/s1. The summed E-state index contributed by atoms with van der Waals surface area (Å²) in [5.74, 6) is -0.0244. The molecule has 0 radical (unpaired) electrons. The molecule has 12 atom stereocenters. The first kappa shape index (κ1) is 32.9. The van der Waals surface area contributed by atoms with Crippen LogP contribution in [-0.4, -0.2) is 73.1 Å². The van der Waals surface area contributed by atoms with Gasteiger partial charge in [-0.2, -0.15) is 0 Å². The minimum absolute atomic E-state index is 0.150. The first-order chi connectivity index (χ1) is 20.7. The summed E-state index contributed by atoms with van der Waals surface area (Å²) in [5, 5.41) is 0. The van der Waals surface area contributed by atoms with Crippen LogP contribution in [0.15, 0.2) is 0 Å². The molecule has 11 nitrogen and oxygen atoms in total. The van der Waals surface area contributed by atoms with Crippen molar-refractivity contribution >= 4 is 29.7 Å². The molecule has 1 heterocycles. The van der Waals surface area contributed by atoms with E-state index in [1.807, 2.05) is 0 Å². The Bertz CT molecular complexity index is 1150. The van der Waals surface area contributed by atoms with Crippen LogP contribution in [0.5, 0.6) is 0 Å². The van der Waals surface area contributed by atoms with E-state index in [0.717, 1.165) is 57.8 Å². The summed E-state index contributed by atoms with van der Waals surface area (Å²) < 4.78 is 34.6. The van der Waals surface area contributed by atoms with E-state index in [1.54, 1.807) is 0 Å². The van der Waals surface area contributed by atoms with E-state index in [9.17, 15) is 24.0 Å². The predicted molar refractivity (Wildman–Crippen MR) is 154 cm³/mol. The zero-order chi connectivity index (χ0) is 32.0. The van der Waals surface area contributed by atoms with Crippen LogP contribution in [-0.2, 0) is 52.4 Å². The van der Waals surface area contributed by atoms with E-state index >= 15 is 0 Å². The number of carbonyl (C=O) groups is 5. The number of rotatable bonds is 7. The molecule has 4 saturated carbocycles. The molecule has 0 N–H and O–H groups in total. The number of carbonyl (C=O) groups excluding carboxylic acids is 5. The molecule has 0 aromatic heterocycles. The second kappa shape index (κ2) is 12.7. The molecule has 246 valence electrons. The second-order valence-corrected chi connectivity index (χ2v) is 14.2. The van der Waals surface area contributed by atoms with Gasteiger partial charge in [-0.15, -0.1) is 0 Å². The van der Waals surface area contributed by atoms with Crippen LogP contribution in [0, 0.1) is 34.5 Å². The number of esters is 4. The molecule has 0 spiro atoms. The Kier molecular flexibility index (Phi) is 9.48. The van der Waals surface area contributed by atoms with Gasteiger partial charge in [-0.05, 0) is 80.5 Å². The number of ketones is 1. The van der Waals surface area contributed by atoms with Crippen molar-refractivity contribution in [3.05, 3.63) is 0 Å². The van der Waals surface area contributed by atoms with E-state index in [1.165, 1.54) is 27.7 Å². The molecule has 5 fully saturated rings. The van der Waals surface area contributed by atoms with Crippen LogP contribution in [0.2, 0.25) is 0 Å². The van der Waals surface area contributed by atoms with Crippen molar-refractivity contribution in [2.24, 2.45) is 34.5 Å². The van der Waals surface area contributed by atoms with Crippen molar-refractivity contribution in [3.63, 3.8) is 0 Å². The highest BCUT2D eigenvalue weighted by Gasteiger charge is 2.61. The Morgan fingerprint density at radius 3 is 2.09 bits per heavy atom. The Labute approximate surface area is 259 Å². The summed E-state index contributed by atoms with van der Waals surface area (Å²) in [4.78, 5) is 60.9. The average Bonchev–Trinajstić information content (AvgIpc) is 3.24. The third kappa shape index (κ3) is 6.28. The monoisotopic (exact) mass is 620 g/mol. The van der Waals surface area contributed by atoms with Gasteiger partial charge in [0.05, 0.1) is 6.10 Å². The fourth-order valence-corrected chi connectivity index (χ4v) is 9.60. The lowest BCUT2D eigenvalue weighted by molar-refractivity contribution is -0.321. The first-order valence-corrected chi connectivity index (χ1v) is 16.2. The molecule has 0 aromatic carbocycles. The van der Waals surface area contributed by atoms with Gasteiger partial charge >= 0.3 is 23.9 Å². The van der Waals surface area contributed by atoms with Crippen LogP contribution >= 0.6 is 0 Å². The van der Waals surface area contributed by atoms with Gasteiger partial charge in [0.2, 0.25) is 0 Å². The molecule has 44 heavy (non-hydrogen) atoms. The number of hydrogen-bond acceptors (Lipinski definition) is 11. The van der Waals surface area contributed by atoms with Crippen molar-refractivity contribution in [2.45, 2.75) is 136 Å². The molecule has 0 amide bonds. The maximum Gasteiger partial charge on any atom is 0.303 e. The lowest BCUT2D eigenvalue weighted by Gasteiger charge is -2.60. The fraction of sp³-hybridized carbons (Fsp3) is 0.848. The Morgan fingerprint density at radius 1 is 0.773 bits per heavy atom. The highest BCUT2D eigenvalue weighted by Crippen LogP contribution is 2.65. The van der Waals surface area contributed by atoms with Gasteiger partial charge < -0.3 is 28.4 Å². The minimum Gasteiger partial charge on any atom is -0.463 e. The summed E-state index contributed by atoms with van der Waals surface area (Å²) in [7, 11) is 0. The second-order valence-electron chi connectivity index (χ2n) is 14.2. The lowest BCUT2D eigenvalue weighted by atomic mass is 9.45. The van der Waals surface area contributed by atoms with Gasteiger partial charge in [-0.3, -0.25) is 24.0 Å². The maximum absolute atomic E-state index is 12.8. The smallest absolute Gasteiger partial charge is 0.303 e. The highest BCUT2D eigenvalue weighted by molar-refractivity contribution is 5.87. The average molecular weight is 621 g/mol. The molecule has 5 rings (SSSR count). The van der Waals surface area contributed by atoms with Crippen LogP contribution in [0.25, 0.3) is 0 Å². The molecule has 0 aromatic rings. The van der Waals surface area contributed by atoms with Crippen LogP contribution in [0.1, 0.15) is 99.3 Å². The zero-order valence-electron chi connectivity index (χ0n) is 26.8. The van der Waals surface area contributed by atoms with E-state index < -0.39 is 54.6 Å². The lowest BCUT2D eigenvalue weighted by Crippen LogP contribution is -2.63. The topological polar surface area (TPSA) is 141 Å². The van der Waals surface area contributed by atoms with Crippen LogP contribution < -0.4 is 0 Å². The van der Waals surface area contributed by atoms with E-state index in [0.29, 0.717) is 29.5 Å². The summed E-state index contributed by atoms with van der Waals surface area (Å²) in [6.07, 6.45) is 2.46. The highest BCUT2D eigenvalue weighted by atomic mass is 16.7. The quantitative estimate of drug-likeness (QED) is 0.231. The summed E-state index contributed by atoms with van der Waals surface area (Å²) in [6.45, 7) is 9.22. The van der Waals surface area contributed by atoms with Crippen molar-refractivity contribution in [2.75, 3.05) is 6.61 Å². The molecule has 0 unspecified atom stereocenters. The van der Waals surface area contributed by atoms with E-state index in [-0.39, 0.29) is 23.5 Å². The SMILES string of the molecule is CC(=O)OC[C@H]1O[C@@H](O[C@@H]2CC[C@@]3(C)[C@@H](CC[C@H]4[C@H]3CC[C@]3(C)C(=O)CC[C@@H]43)C2)[C@H](OC(C)=O)[C@@H](OC(C)=O)[C@@H]1OC(C)=O. The molecule has 4 aliphatic carbocycles. The summed E-state index contributed by atoms with van der Waals surface area (Å²) >= 11 is 0. The van der Waals surface area contributed by atoms with Crippen molar-refractivity contribution in [1.29, 1.82) is 0 Å². The number of hydrogen-bond donors (Lipinski definition) is 0. The maximum atomic E-state index is 12.8. The van der Waals surface area contributed by atoms with Crippen molar-refractivity contribution < 1.29 is 52.4 Å². The number of ether oxygens (including phenoxy) is 6. The summed E-state index contributed by atoms with van der Waals surface area (Å²) in [6, 6.07) is 0. The largest absolute Gasteiger partial charge is 0.463 e. The predicted octanol–water partition coefficient (Wildman–Crippen LogP) is 4.07. The Balaban J connectivity index is 1.34. The van der Waals surface area contributed by atoms with Gasteiger partial charge in [0.1, 0.15) is 18.5 Å². The van der Waals surface area contributed by atoms with Gasteiger partial charge in [-0.1, -0.05) is 13.8 Å². The van der Waals surface area contributed by atoms with Gasteiger partial charge in [0.15, 0.2) is 24.6 Å². The van der Waals surface area contributed by atoms with Crippen LogP contribution in [0.4, 0.5) is 0 Å². The Morgan fingerprint density at radius 2 is 1.43 bits per heavy atom. The molecule has 1 saturated heterocycles. The molecular formula is C33H48O11. The zero-order valence-corrected chi connectivity index (χ0v) is 26.8. The third-order valence-electron chi connectivity index (χ3n) is 11.6. The Hall–Kier alpha value is -2.53. The molecule has 0 bridgehead atoms. The van der Waals surface area contributed by atoms with E-state index in [2.05, 4.69) is 13.8 Å². The molecule has 1 aliphatic heterocycles. The minimum atomic E-state index is -1.24. The number of fused-ring (bicyclic) bond motifs is 5. The first-order valence-electron chi connectivity index (χ1n) is 16.2. The number of Topliss-reactive ketones (excluding diaryl/α,β-unsaturated/α-hetero) is 1. The van der Waals surface area contributed by atoms with Gasteiger partial charge in [0, 0.05) is 39.5 Å². The van der Waals surface area contributed by atoms with Crippen molar-refractivity contribution in [3.8, 4) is 0 Å². The summed E-state index contributed by atoms with van der Waals surface area (Å²) in [5.41, 5.74) is -0.00315. The van der Waals surface area contributed by atoms with Gasteiger partial charge in [0.25, 0.3) is 0 Å². The molecule has 5 aliphatic rings. The van der Waals surface area contributed by atoms with Crippen molar-refractivity contribution in [1.82, 2.24) is 0 Å².